The molecule has 154 valence electrons. The molecule has 4 heteroatoms. The third kappa shape index (κ3) is 3.55. The summed E-state index contributed by atoms with van der Waals surface area (Å²) in [6.07, 6.45) is 3.66. The smallest absolute Gasteiger partial charge is 0.219 e. The standard InChI is InChI=1S/C27H25N3O/c1-18-11-13-29-26(15-18)31-20-9-10-22-21-7-5-6-8-23(21)30(24(22)17-20)25-16-19(12-14-28-25)27(2,3)4/h5-17H,1-4H3. The molecule has 5 rings (SSSR count). The van der Waals surface area contributed by atoms with Crippen LogP contribution >= 0.6 is 0 Å². The van der Waals surface area contributed by atoms with Crippen LogP contribution in [0, 0.1) is 6.92 Å². The first kappa shape index (κ1) is 19.3. The molecular weight excluding hydrogens is 382 g/mol. The number of rotatable bonds is 3. The van der Waals surface area contributed by atoms with Crippen molar-refractivity contribution in [3.05, 3.63) is 90.3 Å². The summed E-state index contributed by atoms with van der Waals surface area (Å²) in [5, 5.41) is 2.36. The van der Waals surface area contributed by atoms with Crippen molar-refractivity contribution in [1.82, 2.24) is 14.5 Å². The highest BCUT2D eigenvalue weighted by Gasteiger charge is 2.18. The van der Waals surface area contributed by atoms with Crippen LogP contribution in [-0.4, -0.2) is 14.5 Å². The Bertz CT molecular complexity index is 1410. The van der Waals surface area contributed by atoms with Gasteiger partial charge in [0.2, 0.25) is 5.88 Å². The Labute approximate surface area is 182 Å². The molecule has 0 amide bonds. The molecule has 0 fully saturated rings. The van der Waals surface area contributed by atoms with Crippen LogP contribution in [0.2, 0.25) is 0 Å². The van der Waals surface area contributed by atoms with Gasteiger partial charge in [-0.1, -0.05) is 39.0 Å². The van der Waals surface area contributed by atoms with Gasteiger partial charge in [0.15, 0.2) is 0 Å². The summed E-state index contributed by atoms with van der Waals surface area (Å²) in [7, 11) is 0. The lowest BCUT2D eigenvalue weighted by atomic mass is 9.88. The molecule has 3 heterocycles. The van der Waals surface area contributed by atoms with E-state index in [1.807, 2.05) is 31.3 Å². The number of fused-ring (bicyclic) bond motifs is 3. The van der Waals surface area contributed by atoms with Gasteiger partial charge in [-0.15, -0.1) is 0 Å². The first-order valence-electron chi connectivity index (χ1n) is 10.5. The molecule has 0 N–H and O–H groups in total. The van der Waals surface area contributed by atoms with E-state index in [-0.39, 0.29) is 5.41 Å². The lowest BCUT2D eigenvalue weighted by Gasteiger charge is -2.20. The zero-order valence-electron chi connectivity index (χ0n) is 18.3. The van der Waals surface area contributed by atoms with Crippen LogP contribution in [0.3, 0.4) is 0 Å². The highest BCUT2D eigenvalue weighted by molar-refractivity contribution is 6.09. The summed E-state index contributed by atoms with van der Waals surface area (Å²) in [5.74, 6) is 2.25. The van der Waals surface area contributed by atoms with Crippen molar-refractivity contribution in [2.75, 3.05) is 0 Å². The zero-order chi connectivity index (χ0) is 21.6. The molecule has 4 nitrogen and oxygen atoms in total. The lowest BCUT2D eigenvalue weighted by Crippen LogP contribution is -2.12. The fraction of sp³-hybridized carbons (Fsp3) is 0.185. The molecule has 2 aromatic carbocycles. The van der Waals surface area contributed by atoms with Crippen LogP contribution in [0.1, 0.15) is 31.9 Å². The van der Waals surface area contributed by atoms with Crippen LogP contribution in [0.4, 0.5) is 0 Å². The molecule has 0 saturated heterocycles. The van der Waals surface area contributed by atoms with Crippen LogP contribution < -0.4 is 4.74 Å². The molecule has 0 atom stereocenters. The first-order chi connectivity index (χ1) is 14.9. The van der Waals surface area contributed by atoms with Gasteiger partial charge in [-0.2, -0.15) is 0 Å². The maximum Gasteiger partial charge on any atom is 0.219 e. The van der Waals surface area contributed by atoms with E-state index in [0.717, 1.165) is 28.2 Å². The van der Waals surface area contributed by atoms with Crippen molar-refractivity contribution in [3.8, 4) is 17.4 Å². The predicted molar refractivity (Wildman–Crippen MR) is 126 cm³/mol. The monoisotopic (exact) mass is 407 g/mol. The van der Waals surface area contributed by atoms with E-state index in [4.69, 9.17) is 9.72 Å². The molecule has 3 aromatic heterocycles. The summed E-state index contributed by atoms with van der Waals surface area (Å²) in [6, 6.07) is 22.8. The molecule has 5 aromatic rings. The Balaban J connectivity index is 1.72. The number of pyridine rings is 2. The van der Waals surface area contributed by atoms with Gasteiger partial charge < -0.3 is 4.74 Å². The quantitative estimate of drug-likeness (QED) is 0.324. The fourth-order valence-corrected chi connectivity index (χ4v) is 3.95. The van der Waals surface area contributed by atoms with Crippen LogP contribution in [0.5, 0.6) is 11.6 Å². The minimum atomic E-state index is 0.0432. The molecule has 0 aliphatic carbocycles. The Morgan fingerprint density at radius 2 is 1.55 bits per heavy atom. The Morgan fingerprint density at radius 3 is 2.35 bits per heavy atom. The maximum atomic E-state index is 6.09. The zero-order valence-corrected chi connectivity index (χ0v) is 18.3. The number of ether oxygens (including phenoxy) is 1. The van der Waals surface area contributed by atoms with Crippen LogP contribution in [0.25, 0.3) is 27.6 Å². The fourth-order valence-electron chi connectivity index (χ4n) is 3.95. The second-order valence-electron chi connectivity index (χ2n) is 8.96. The number of hydrogen-bond donors (Lipinski definition) is 0. The molecule has 0 aliphatic heterocycles. The third-order valence-corrected chi connectivity index (χ3v) is 5.60. The molecule has 0 aliphatic rings. The topological polar surface area (TPSA) is 39.9 Å². The molecule has 0 unspecified atom stereocenters. The highest BCUT2D eigenvalue weighted by Crippen LogP contribution is 2.35. The minimum Gasteiger partial charge on any atom is -0.439 e. The van der Waals surface area contributed by atoms with Gasteiger partial charge in [0.05, 0.1) is 11.0 Å². The second kappa shape index (κ2) is 7.24. The number of nitrogens with zero attached hydrogens (tertiary/aromatic N) is 3. The Hall–Kier alpha value is -3.66. The van der Waals surface area contributed by atoms with Crippen molar-refractivity contribution < 1.29 is 4.74 Å². The number of hydrogen-bond acceptors (Lipinski definition) is 3. The van der Waals surface area contributed by atoms with Crippen molar-refractivity contribution in [1.29, 1.82) is 0 Å². The average Bonchev–Trinajstić information content (AvgIpc) is 3.07. The van der Waals surface area contributed by atoms with Gasteiger partial charge in [0, 0.05) is 35.3 Å². The molecule has 0 bridgehead atoms. The van der Waals surface area contributed by atoms with E-state index >= 15 is 0 Å². The van der Waals surface area contributed by atoms with Crippen molar-refractivity contribution in [2.24, 2.45) is 0 Å². The summed E-state index contributed by atoms with van der Waals surface area (Å²) in [4.78, 5) is 9.07. The Kier molecular flexibility index (Phi) is 4.51. The number of aryl methyl sites for hydroxylation is 1. The Morgan fingerprint density at radius 1 is 0.774 bits per heavy atom. The molecule has 0 saturated carbocycles. The van der Waals surface area contributed by atoms with Crippen molar-refractivity contribution in [2.45, 2.75) is 33.1 Å². The summed E-state index contributed by atoms with van der Waals surface area (Å²) in [6.45, 7) is 8.69. The van der Waals surface area contributed by atoms with Crippen molar-refractivity contribution >= 4 is 21.8 Å². The number of aromatic nitrogens is 3. The molecule has 31 heavy (non-hydrogen) atoms. The van der Waals surface area contributed by atoms with E-state index in [9.17, 15) is 0 Å². The van der Waals surface area contributed by atoms with Gasteiger partial charge in [0.25, 0.3) is 0 Å². The number of benzene rings is 2. The van der Waals surface area contributed by atoms with Crippen molar-refractivity contribution in [3.63, 3.8) is 0 Å². The van der Waals surface area contributed by atoms with E-state index < -0.39 is 0 Å². The molecular formula is C27H25N3O. The van der Waals surface area contributed by atoms with Gasteiger partial charge >= 0.3 is 0 Å². The van der Waals surface area contributed by atoms with E-state index in [2.05, 4.69) is 78.9 Å². The lowest BCUT2D eigenvalue weighted by molar-refractivity contribution is 0.463. The van der Waals surface area contributed by atoms with Gasteiger partial charge in [0.1, 0.15) is 11.6 Å². The predicted octanol–water partition coefficient (Wildman–Crippen LogP) is 6.97. The first-order valence-corrected chi connectivity index (χ1v) is 10.5. The normalized spacial score (nSPS) is 11.9. The van der Waals surface area contributed by atoms with Gasteiger partial charge in [-0.3, -0.25) is 4.57 Å². The van der Waals surface area contributed by atoms with Crippen LogP contribution in [-0.2, 0) is 5.41 Å². The average molecular weight is 408 g/mol. The van der Waals surface area contributed by atoms with E-state index in [0.29, 0.717) is 5.88 Å². The molecule has 0 spiro atoms. The third-order valence-electron chi connectivity index (χ3n) is 5.60. The summed E-state index contributed by atoms with van der Waals surface area (Å²) < 4.78 is 8.31. The summed E-state index contributed by atoms with van der Waals surface area (Å²) >= 11 is 0. The van der Waals surface area contributed by atoms with Gasteiger partial charge in [-0.25, -0.2) is 9.97 Å². The second-order valence-corrected chi connectivity index (χ2v) is 8.96. The SMILES string of the molecule is Cc1ccnc(Oc2ccc3c4ccccc4n(-c4cc(C(C)(C)C)ccn4)c3c2)c1. The molecule has 0 radical (unpaired) electrons. The largest absolute Gasteiger partial charge is 0.439 e. The number of para-hydroxylation sites is 1. The van der Waals surface area contributed by atoms with E-state index in [1.54, 1.807) is 6.20 Å². The minimum absolute atomic E-state index is 0.0432. The maximum absolute atomic E-state index is 6.09. The van der Waals surface area contributed by atoms with E-state index in [1.165, 1.54) is 16.3 Å². The van der Waals surface area contributed by atoms with Gasteiger partial charge in [-0.05, 0) is 59.9 Å². The summed E-state index contributed by atoms with van der Waals surface area (Å²) in [5.41, 5.74) is 4.59. The highest BCUT2D eigenvalue weighted by atomic mass is 16.5. The van der Waals surface area contributed by atoms with Crippen LogP contribution in [0.15, 0.2) is 79.1 Å².